The zero-order valence-electron chi connectivity index (χ0n) is 15.3. The first-order valence-electron chi connectivity index (χ1n) is 8.78. The number of ether oxygens (including phenoxy) is 1. The van der Waals surface area contributed by atoms with Crippen molar-refractivity contribution in [2.75, 3.05) is 17.7 Å². The summed E-state index contributed by atoms with van der Waals surface area (Å²) >= 11 is 1.39. The number of rotatable bonds is 6. The summed E-state index contributed by atoms with van der Waals surface area (Å²) in [4.78, 5) is 16.9. The van der Waals surface area contributed by atoms with Gasteiger partial charge in [0.15, 0.2) is 5.16 Å². The lowest BCUT2D eigenvalue weighted by atomic mass is 10.2. The van der Waals surface area contributed by atoms with Gasteiger partial charge in [-0.3, -0.25) is 4.79 Å². The maximum atomic E-state index is 13.4. The summed E-state index contributed by atoms with van der Waals surface area (Å²) in [6, 6.07) is 4.37. The van der Waals surface area contributed by atoms with Gasteiger partial charge in [-0.15, -0.1) is 0 Å². The van der Waals surface area contributed by atoms with E-state index in [1.807, 2.05) is 20.8 Å². The van der Waals surface area contributed by atoms with Gasteiger partial charge in [-0.05, 0) is 51.3 Å². The Labute approximate surface area is 157 Å². The topological polar surface area (TPSA) is 56.2 Å². The van der Waals surface area contributed by atoms with Crippen molar-refractivity contribution in [2.24, 2.45) is 0 Å². The van der Waals surface area contributed by atoms with Crippen LogP contribution in [0.3, 0.4) is 0 Å². The number of imidazole rings is 1. The number of carbonyl (C=O) groups excluding carboxylic acids is 1. The molecule has 2 heterocycles. The molecule has 1 aromatic carbocycles. The summed E-state index contributed by atoms with van der Waals surface area (Å²) in [5, 5.41) is 3.59. The number of benzene rings is 1. The standard InChI is InChI=1S/C19H24FN3O2S/c1-12-6-7-15(20)9-17(12)22-18(24)11-26-19-21-13(2)14(3)23(19)10-16-5-4-8-25-16/h6-7,9,16H,4-5,8,10-11H2,1-3H3,(H,22,24)/t16-/m1/s1. The van der Waals surface area contributed by atoms with Gasteiger partial charge in [0.1, 0.15) is 5.82 Å². The second-order valence-electron chi connectivity index (χ2n) is 6.61. The fraction of sp³-hybridized carbons (Fsp3) is 0.474. The third kappa shape index (κ3) is 4.45. The molecule has 1 atom stereocenters. The zero-order chi connectivity index (χ0) is 18.7. The number of hydrogen-bond acceptors (Lipinski definition) is 4. The molecule has 2 aromatic rings. The molecule has 0 spiro atoms. The quantitative estimate of drug-likeness (QED) is 0.777. The molecule has 140 valence electrons. The molecule has 1 N–H and O–H groups in total. The molecule has 1 saturated heterocycles. The van der Waals surface area contributed by atoms with E-state index in [2.05, 4.69) is 14.9 Å². The zero-order valence-corrected chi connectivity index (χ0v) is 16.2. The molecule has 0 bridgehead atoms. The Bertz CT molecular complexity index is 800. The molecule has 1 fully saturated rings. The molecule has 0 radical (unpaired) electrons. The minimum absolute atomic E-state index is 0.175. The molecule has 0 saturated carbocycles. The summed E-state index contributed by atoms with van der Waals surface area (Å²) < 4.78 is 21.2. The van der Waals surface area contributed by atoms with Crippen LogP contribution in [0.25, 0.3) is 0 Å². The lowest BCUT2D eigenvalue weighted by Crippen LogP contribution is -2.18. The third-order valence-corrected chi connectivity index (χ3v) is 5.62. The van der Waals surface area contributed by atoms with Crippen LogP contribution >= 0.6 is 11.8 Å². The molecule has 1 aromatic heterocycles. The summed E-state index contributed by atoms with van der Waals surface area (Å²) in [6.45, 7) is 7.43. The summed E-state index contributed by atoms with van der Waals surface area (Å²) in [7, 11) is 0. The van der Waals surface area contributed by atoms with Crippen LogP contribution in [0.5, 0.6) is 0 Å². The minimum atomic E-state index is -0.364. The molecular weight excluding hydrogens is 353 g/mol. The molecular formula is C19H24FN3O2S. The van der Waals surface area contributed by atoms with E-state index < -0.39 is 0 Å². The summed E-state index contributed by atoms with van der Waals surface area (Å²) in [5.74, 6) is -0.320. The van der Waals surface area contributed by atoms with Crippen LogP contribution in [-0.2, 0) is 16.1 Å². The summed E-state index contributed by atoms with van der Waals surface area (Å²) in [6.07, 6.45) is 2.36. The van der Waals surface area contributed by atoms with Crippen molar-refractivity contribution in [3.05, 3.63) is 41.0 Å². The van der Waals surface area contributed by atoms with Crippen LogP contribution in [0.1, 0.15) is 29.8 Å². The van der Waals surface area contributed by atoms with E-state index in [0.29, 0.717) is 5.69 Å². The van der Waals surface area contributed by atoms with E-state index in [4.69, 9.17) is 4.74 Å². The van der Waals surface area contributed by atoms with E-state index >= 15 is 0 Å². The predicted molar refractivity (Wildman–Crippen MR) is 101 cm³/mol. The van der Waals surface area contributed by atoms with Crippen molar-refractivity contribution in [1.29, 1.82) is 0 Å². The highest BCUT2D eigenvalue weighted by atomic mass is 32.2. The molecule has 3 rings (SSSR count). The lowest BCUT2D eigenvalue weighted by Gasteiger charge is -2.14. The monoisotopic (exact) mass is 377 g/mol. The molecule has 1 aliphatic heterocycles. The van der Waals surface area contributed by atoms with Crippen molar-refractivity contribution < 1.29 is 13.9 Å². The molecule has 0 unspecified atom stereocenters. The number of aromatic nitrogens is 2. The van der Waals surface area contributed by atoms with Gasteiger partial charge in [-0.2, -0.15) is 0 Å². The van der Waals surface area contributed by atoms with Gasteiger partial charge in [0, 0.05) is 18.0 Å². The number of halogens is 1. The van der Waals surface area contributed by atoms with Gasteiger partial charge in [0.25, 0.3) is 0 Å². The van der Waals surface area contributed by atoms with Gasteiger partial charge in [-0.1, -0.05) is 17.8 Å². The van der Waals surface area contributed by atoms with Crippen LogP contribution < -0.4 is 5.32 Å². The Morgan fingerprint density at radius 1 is 1.42 bits per heavy atom. The predicted octanol–water partition coefficient (Wildman–Crippen LogP) is 3.86. The summed E-state index contributed by atoms with van der Waals surface area (Å²) in [5.41, 5.74) is 3.40. The first kappa shape index (κ1) is 18.9. The Morgan fingerprint density at radius 3 is 2.96 bits per heavy atom. The second kappa shape index (κ2) is 8.22. The number of aryl methyl sites for hydroxylation is 2. The van der Waals surface area contributed by atoms with E-state index in [-0.39, 0.29) is 23.6 Å². The van der Waals surface area contributed by atoms with Crippen molar-refractivity contribution in [1.82, 2.24) is 9.55 Å². The Balaban J connectivity index is 1.64. The number of hydrogen-bond donors (Lipinski definition) is 1. The number of nitrogens with zero attached hydrogens (tertiary/aromatic N) is 2. The number of thioether (sulfide) groups is 1. The second-order valence-corrected chi connectivity index (χ2v) is 7.55. The number of carbonyl (C=O) groups is 1. The first-order chi connectivity index (χ1) is 12.4. The molecule has 5 nitrogen and oxygen atoms in total. The van der Waals surface area contributed by atoms with E-state index in [1.54, 1.807) is 6.07 Å². The maximum absolute atomic E-state index is 13.4. The average Bonchev–Trinajstić information content (AvgIpc) is 3.20. The van der Waals surface area contributed by atoms with Gasteiger partial charge in [0.05, 0.1) is 24.1 Å². The highest BCUT2D eigenvalue weighted by Gasteiger charge is 2.20. The number of nitrogens with one attached hydrogen (secondary N) is 1. The van der Waals surface area contributed by atoms with E-state index in [0.717, 1.165) is 48.1 Å². The van der Waals surface area contributed by atoms with Crippen LogP contribution in [0.2, 0.25) is 0 Å². The van der Waals surface area contributed by atoms with Crippen LogP contribution in [0.4, 0.5) is 10.1 Å². The van der Waals surface area contributed by atoms with Gasteiger partial charge < -0.3 is 14.6 Å². The van der Waals surface area contributed by atoms with Gasteiger partial charge in [-0.25, -0.2) is 9.37 Å². The molecule has 1 amide bonds. The maximum Gasteiger partial charge on any atom is 0.234 e. The van der Waals surface area contributed by atoms with Crippen molar-refractivity contribution >= 4 is 23.4 Å². The largest absolute Gasteiger partial charge is 0.376 e. The van der Waals surface area contributed by atoms with Crippen molar-refractivity contribution in [3.63, 3.8) is 0 Å². The molecule has 0 aliphatic carbocycles. The average molecular weight is 377 g/mol. The van der Waals surface area contributed by atoms with Gasteiger partial charge >= 0.3 is 0 Å². The normalized spacial score (nSPS) is 16.8. The first-order valence-corrected chi connectivity index (χ1v) is 9.76. The fourth-order valence-electron chi connectivity index (χ4n) is 2.99. The molecule has 7 heteroatoms. The highest BCUT2D eigenvalue weighted by Crippen LogP contribution is 2.25. The fourth-order valence-corrected chi connectivity index (χ4v) is 3.89. The SMILES string of the molecule is Cc1ccc(F)cc1NC(=O)CSc1nc(C)c(C)n1C[C@H]1CCCO1. The van der Waals surface area contributed by atoms with Crippen molar-refractivity contribution in [2.45, 2.75) is 51.4 Å². The van der Waals surface area contributed by atoms with Gasteiger partial charge in [0.2, 0.25) is 5.91 Å². The number of anilines is 1. The Morgan fingerprint density at radius 2 is 2.23 bits per heavy atom. The van der Waals surface area contributed by atoms with E-state index in [1.165, 1.54) is 23.9 Å². The smallest absolute Gasteiger partial charge is 0.234 e. The minimum Gasteiger partial charge on any atom is -0.376 e. The van der Waals surface area contributed by atoms with Crippen LogP contribution in [0.15, 0.2) is 23.4 Å². The number of amides is 1. The lowest BCUT2D eigenvalue weighted by molar-refractivity contribution is -0.113. The Hall–Kier alpha value is -1.86. The molecule has 1 aliphatic rings. The van der Waals surface area contributed by atoms with Crippen LogP contribution in [0, 0.1) is 26.6 Å². The third-order valence-electron chi connectivity index (χ3n) is 4.64. The Kier molecular flexibility index (Phi) is 5.98. The highest BCUT2D eigenvalue weighted by molar-refractivity contribution is 7.99. The van der Waals surface area contributed by atoms with Crippen molar-refractivity contribution in [3.8, 4) is 0 Å². The molecule has 26 heavy (non-hydrogen) atoms. The van der Waals surface area contributed by atoms with E-state index in [9.17, 15) is 9.18 Å². The van der Waals surface area contributed by atoms with Crippen LogP contribution in [-0.4, -0.2) is 33.9 Å².